The second kappa shape index (κ2) is 7.62. The van der Waals surface area contributed by atoms with Gasteiger partial charge in [0.25, 0.3) is 5.91 Å². The Morgan fingerprint density at radius 2 is 2.12 bits per heavy atom. The average molecular weight is 345 g/mol. The summed E-state index contributed by atoms with van der Waals surface area (Å²) in [5.74, 6) is 0.992. The minimum atomic E-state index is -0.0153. The van der Waals surface area contributed by atoms with Crippen LogP contribution in [-0.4, -0.2) is 33.9 Å². The number of likely N-dealkylation sites (tertiary alicyclic amines) is 1. The molecule has 2 aromatic rings. The third-order valence-electron chi connectivity index (χ3n) is 4.18. The van der Waals surface area contributed by atoms with Gasteiger partial charge in [0.1, 0.15) is 5.69 Å². The predicted octanol–water partition coefficient (Wildman–Crippen LogP) is 3.61. The molecular formula is C18H21ClN4O. The van der Waals surface area contributed by atoms with Crippen molar-refractivity contribution in [3.05, 3.63) is 52.8 Å². The second-order valence-electron chi connectivity index (χ2n) is 6.24. The third-order valence-corrected chi connectivity index (χ3v) is 4.43. The van der Waals surface area contributed by atoms with Gasteiger partial charge in [0.2, 0.25) is 5.95 Å². The summed E-state index contributed by atoms with van der Waals surface area (Å²) in [5, 5.41) is 3.86. The quantitative estimate of drug-likeness (QED) is 0.920. The van der Waals surface area contributed by atoms with Gasteiger partial charge in [-0.15, -0.1) is 0 Å². The number of anilines is 1. The van der Waals surface area contributed by atoms with Crippen molar-refractivity contribution in [1.29, 1.82) is 0 Å². The Hall–Kier alpha value is -2.14. The smallest absolute Gasteiger partial charge is 0.272 e. The molecule has 1 aliphatic heterocycles. The van der Waals surface area contributed by atoms with Crippen LogP contribution in [0.15, 0.2) is 36.5 Å². The van der Waals surface area contributed by atoms with E-state index in [1.165, 1.54) is 6.42 Å². The fraction of sp³-hybridized carbons (Fsp3) is 0.389. The summed E-state index contributed by atoms with van der Waals surface area (Å²) >= 11 is 5.88. The number of carbonyl (C=O) groups excluding carboxylic acids is 1. The predicted molar refractivity (Wildman–Crippen MR) is 95.1 cm³/mol. The summed E-state index contributed by atoms with van der Waals surface area (Å²) in [7, 11) is 0. The van der Waals surface area contributed by atoms with E-state index < -0.39 is 0 Å². The topological polar surface area (TPSA) is 58.1 Å². The van der Waals surface area contributed by atoms with E-state index in [0.717, 1.165) is 25.1 Å². The third kappa shape index (κ3) is 4.23. The highest BCUT2D eigenvalue weighted by molar-refractivity contribution is 6.30. The van der Waals surface area contributed by atoms with E-state index in [2.05, 4.69) is 22.2 Å². The molecule has 1 saturated heterocycles. The number of piperidine rings is 1. The number of hydrogen-bond acceptors (Lipinski definition) is 4. The number of amides is 1. The van der Waals surface area contributed by atoms with Crippen LogP contribution in [0.4, 0.5) is 5.95 Å². The number of aromatic nitrogens is 2. The molecule has 1 fully saturated rings. The molecule has 1 aliphatic rings. The highest BCUT2D eigenvalue weighted by Gasteiger charge is 2.23. The van der Waals surface area contributed by atoms with Crippen LogP contribution in [-0.2, 0) is 6.54 Å². The van der Waals surface area contributed by atoms with Gasteiger partial charge in [-0.3, -0.25) is 4.79 Å². The fourth-order valence-electron chi connectivity index (χ4n) is 2.88. The molecule has 6 heteroatoms. The number of benzene rings is 1. The Bertz CT molecular complexity index is 704. The molecule has 24 heavy (non-hydrogen) atoms. The molecule has 1 unspecified atom stereocenters. The number of rotatable bonds is 4. The van der Waals surface area contributed by atoms with Gasteiger partial charge in [0.05, 0.1) is 0 Å². The number of carbonyl (C=O) groups is 1. The molecule has 126 valence electrons. The van der Waals surface area contributed by atoms with Gasteiger partial charge in [0.15, 0.2) is 0 Å². The molecule has 1 aromatic carbocycles. The van der Waals surface area contributed by atoms with Gasteiger partial charge < -0.3 is 10.2 Å². The maximum absolute atomic E-state index is 12.6. The molecule has 1 aromatic heterocycles. The van der Waals surface area contributed by atoms with Crippen LogP contribution in [0.3, 0.4) is 0 Å². The normalized spacial score (nSPS) is 17.6. The van der Waals surface area contributed by atoms with E-state index in [0.29, 0.717) is 29.1 Å². The van der Waals surface area contributed by atoms with Crippen LogP contribution < -0.4 is 5.32 Å². The van der Waals surface area contributed by atoms with E-state index in [1.54, 1.807) is 12.3 Å². The molecule has 1 amide bonds. The van der Waals surface area contributed by atoms with Crippen LogP contribution in [0.25, 0.3) is 0 Å². The molecule has 5 nitrogen and oxygen atoms in total. The summed E-state index contributed by atoms with van der Waals surface area (Å²) < 4.78 is 0. The Labute approximate surface area is 147 Å². The van der Waals surface area contributed by atoms with Crippen molar-refractivity contribution in [3.63, 3.8) is 0 Å². The van der Waals surface area contributed by atoms with E-state index >= 15 is 0 Å². The maximum Gasteiger partial charge on any atom is 0.272 e. The molecule has 3 rings (SSSR count). The lowest BCUT2D eigenvalue weighted by atomic mass is 10.00. The minimum Gasteiger partial charge on any atom is -0.350 e. The standard InChI is InChI=1S/C18H21ClN4O/c1-13-3-2-10-23(12-13)17(24)16-8-9-20-18(22-16)21-11-14-4-6-15(19)7-5-14/h4-9,13H,2-3,10-12H2,1H3,(H,20,21,22). The number of nitrogens with one attached hydrogen (secondary N) is 1. The first kappa shape index (κ1) is 16.7. The number of halogens is 1. The van der Waals surface area contributed by atoms with Crippen LogP contribution in [0.5, 0.6) is 0 Å². The van der Waals surface area contributed by atoms with Gasteiger partial charge >= 0.3 is 0 Å². The van der Waals surface area contributed by atoms with Crippen molar-refractivity contribution >= 4 is 23.5 Å². The van der Waals surface area contributed by atoms with Crippen molar-refractivity contribution in [1.82, 2.24) is 14.9 Å². The van der Waals surface area contributed by atoms with Crippen molar-refractivity contribution < 1.29 is 4.79 Å². The first-order valence-electron chi connectivity index (χ1n) is 8.22. The zero-order valence-electron chi connectivity index (χ0n) is 13.7. The summed E-state index contributed by atoms with van der Waals surface area (Å²) in [6.07, 6.45) is 3.86. The lowest BCUT2D eigenvalue weighted by Gasteiger charge is -2.30. The largest absolute Gasteiger partial charge is 0.350 e. The molecule has 0 aliphatic carbocycles. The lowest BCUT2D eigenvalue weighted by molar-refractivity contribution is 0.0677. The SMILES string of the molecule is CC1CCCN(C(=O)c2ccnc(NCc3ccc(Cl)cc3)n2)C1. The van der Waals surface area contributed by atoms with Crippen molar-refractivity contribution in [2.24, 2.45) is 5.92 Å². The van der Waals surface area contributed by atoms with Crippen molar-refractivity contribution in [2.75, 3.05) is 18.4 Å². The molecule has 0 bridgehead atoms. The minimum absolute atomic E-state index is 0.0153. The van der Waals surface area contributed by atoms with Crippen LogP contribution in [0.1, 0.15) is 35.8 Å². The number of nitrogens with zero attached hydrogens (tertiary/aromatic N) is 3. The number of hydrogen-bond donors (Lipinski definition) is 1. The Kier molecular flexibility index (Phi) is 5.30. The Morgan fingerprint density at radius 3 is 2.88 bits per heavy atom. The highest BCUT2D eigenvalue weighted by atomic mass is 35.5. The monoisotopic (exact) mass is 344 g/mol. The fourth-order valence-corrected chi connectivity index (χ4v) is 3.01. The zero-order chi connectivity index (χ0) is 16.9. The molecule has 1 atom stereocenters. The molecule has 2 heterocycles. The van der Waals surface area contributed by atoms with E-state index in [-0.39, 0.29) is 5.91 Å². The average Bonchev–Trinajstić information content (AvgIpc) is 2.61. The first-order valence-corrected chi connectivity index (χ1v) is 8.60. The lowest BCUT2D eigenvalue weighted by Crippen LogP contribution is -2.39. The Morgan fingerprint density at radius 1 is 1.33 bits per heavy atom. The first-order chi connectivity index (χ1) is 11.6. The van der Waals surface area contributed by atoms with Gasteiger partial charge in [-0.05, 0) is 42.5 Å². The van der Waals surface area contributed by atoms with Crippen molar-refractivity contribution in [3.8, 4) is 0 Å². The van der Waals surface area contributed by atoms with E-state index in [1.807, 2.05) is 29.2 Å². The molecule has 0 radical (unpaired) electrons. The van der Waals surface area contributed by atoms with Crippen molar-refractivity contribution in [2.45, 2.75) is 26.3 Å². The zero-order valence-corrected chi connectivity index (χ0v) is 14.5. The molecule has 0 spiro atoms. The summed E-state index contributed by atoms with van der Waals surface area (Å²) in [6.45, 7) is 4.37. The summed E-state index contributed by atoms with van der Waals surface area (Å²) in [5.41, 5.74) is 1.52. The van der Waals surface area contributed by atoms with E-state index in [4.69, 9.17) is 11.6 Å². The molecule has 0 saturated carbocycles. The summed E-state index contributed by atoms with van der Waals surface area (Å²) in [4.78, 5) is 23.1. The van der Waals surface area contributed by atoms with Gasteiger partial charge in [-0.1, -0.05) is 30.7 Å². The Balaban J connectivity index is 1.65. The highest BCUT2D eigenvalue weighted by Crippen LogP contribution is 2.17. The molecule has 1 N–H and O–H groups in total. The van der Waals surface area contributed by atoms with Gasteiger partial charge in [-0.2, -0.15) is 0 Å². The van der Waals surface area contributed by atoms with Crippen LogP contribution in [0.2, 0.25) is 5.02 Å². The van der Waals surface area contributed by atoms with Gasteiger partial charge in [-0.25, -0.2) is 9.97 Å². The second-order valence-corrected chi connectivity index (χ2v) is 6.68. The molecular weight excluding hydrogens is 324 g/mol. The van der Waals surface area contributed by atoms with Gasteiger partial charge in [0, 0.05) is 30.9 Å². The van der Waals surface area contributed by atoms with Crippen LogP contribution in [0, 0.1) is 5.92 Å². The van der Waals surface area contributed by atoms with E-state index in [9.17, 15) is 4.79 Å². The van der Waals surface area contributed by atoms with Crippen LogP contribution >= 0.6 is 11.6 Å². The summed E-state index contributed by atoms with van der Waals surface area (Å²) in [6, 6.07) is 9.25. The maximum atomic E-state index is 12.6.